The molecule has 0 saturated heterocycles. The molecule has 2 aromatic carbocycles. The van der Waals surface area contributed by atoms with E-state index in [4.69, 9.17) is 28.9 Å². The Morgan fingerprint density at radius 1 is 1.05 bits per heavy atom. The van der Waals surface area contributed by atoms with Crippen molar-refractivity contribution >= 4 is 44.6 Å². The van der Waals surface area contributed by atoms with Crippen molar-refractivity contribution in [1.29, 1.82) is 0 Å². The third-order valence-corrected chi connectivity index (χ3v) is 4.60. The highest BCUT2D eigenvalue weighted by molar-refractivity contribution is 7.92. The Labute approximate surface area is 127 Å². The quantitative estimate of drug-likeness (QED) is 0.843. The van der Waals surface area contributed by atoms with Crippen LogP contribution in [-0.4, -0.2) is 8.42 Å². The second-order valence-corrected chi connectivity index (χ2v) is 6.77. The van der Waals surface area contributed by atoms with E-state index in [2.05, 4.69) is 4.72 Å². The van der Waals surface area contributed by atoms with Crippen LogP contribution >= 0.6 is 23.2 Å². The first kappa shape index (κ1) is 15.0. The van der Waals surface area contributed by atoms with Crippen LogP contribution in [0.5, 0.6) is 0 Å². The van der Waals surface area contributed by atoms with Crippen molar-refractivity contribution in [3.8, 4) is 0 Å². The molecule has 0 aliphatic rings. The van der Waals surface area contributed by atoms with E-state index >= 15 is 0 Å². The number of nitrogens with one attached hydrogen (secondary N) is 1. The monoisotopic (exact) mass is 330 g/mol. The first-order valence-corrected chi connectivity index (χ1v) is 7.87. The van der Waals surface area contributed by atoms with Crippen LogP contribution in [0.25, 0.3) is 0 Å². The maximum Gasteiger partial charge on any atom is 0.263 e. The van der Waals surface area contributed by atoms with Gasteiger partial charge in [0.1, 0.15) is 4.90 Å². The summed E-state index contributed by atoms with van der Waals surface area (Å²) in [5.41, 5.74) is 6.96. The summed E-state index contributed by atoms with van der Waals surface area (Å²) in [6.07, 6.45) is 0. The Morgan fingerprint density at radius 2 is 1.65 bits per heavy atom. The molecule has 0 aromatic heterocycles. The molecule has 0 unspecified atom stereocenters. The molecule has 2 rings (SSSR count). The Hall–Kier alpha value is -1.43. The number of nitrogens with two attached hydrogens (primary N) is 1. The molecule has 3 N–H and O–H groups in total. The van der Waals surface area contributed by atoms with Crippen LogP contribution in [0.1, 0.15) is 5.56 Å². The third-order valence-electron chi connectivity index (χ3n) is 2.69. The lowest BCUT2D eigenvalue weighted by Crippen LogP contribution is -2.15. The maximum atomic E-state index is 12.3. The van der Waals surface area contributed by atoms with E-state index in [0.717, 1.165) is 0 Å². The minimum atomic E-state index is -3.77. The van der Waals surface area contributed by atoms with Crippen LogP contribution < -0.4 is 10.5 Å². The van der Waals surface area contributed by atoms with Gasteiger partial charge in [0.2, 0.25) is 0 Å². The van der Waals surface area contributed by atoms with Gasteiger partial charge in [-0.15, -0.1) is 0 Å². The van der Waals surface area contributed by atoms with Gasteiger partial charge in [0.05, 0.1) is 11.4 Å². The fourth-order valence-corrected chi connectivity index (χ4v) is 3.36. The molecule has 0 radical (unpaired) electrons. The second kappa shape index (κ2) is 5.52. The number of aryl methyl sites for hydroxylation is 1. The van der Waals surface area contributed by atoms with Crippen LogP contribution in [0, 0.1) is 6.92 Å². The van der Waals surface area contributed by atoms with Gasteiger partial charge in [-0.25, -0.2) is 8.42 Å². The summed E-state index contributed by atoms with van der Waals surface area (Å²) in [7, 11) is -3.77. The molecule has 0 aliphatic carbocycles. The van der Waals surface area contributed by atoms with E-state index in [1.165, 1.54) is 18.2 Å². The van der Waals surface area contributed by atoms with Gasteiger partial charge < -0.3 is 5.73 Å². The molecule has 0 bridgehead atoms. The minimum absolute atomic E-state index is 0.0174. The van der Waals surface area contributed by atoms with Gasteiger partial charge in [0, 0.05) is 10.0 Å². The zero-order chi connectivity index (χ0) is 14.9. The predicted molar refractivity (Wildman–Crippen MR) is 82.9 cm³/mol. The average molecular weight is 331 g/mol. The van der Waals surface area contributed by atoms with Gasteiger partial charge in [-0.05, 0) is 48.9 Å². The highest BCUT2D eigenvalue weighted by atomic mass is 35.5. The molecule has 0 spiro atoms. The molecule has 0 aliphatic heterocycles. The maximum absolute atomic E-state index is 12.3. The van der Waals surface area contributed by atoms with Crippen LogP contribution in [0.3, 0.4) is 0 Å². The van der Waals surface area contributed by atoms with Crippen molar-refractivity contribution in [3.05, 3.63) is 52.0 Å². The van der Waals surface area contributed by atoms with E-state index in [1.807, 2.05) is 0 Å². The Kier molecular flexibility index (Phi) is 4.13. The highest BCUT2D eigenvalue weighted by Crippen LogP contribution is 2.26. The number of sulfonamides is 1. The fraction of sp³-hybridized carbons (Fsp3) is 0.0769. The van der Waals surface area contributed by atoms with Crippen LogP contribution in [-0.2, 0) is 10.0 Å². The van der Waals surface area contributed by atoms with Crippen LogP contribution in [0.15, 0.2) is 41.3 Å². The van der Waals surface area contributed by atoms with E-state index in [9.17, 15) is 8.42 Å². The van der Waals surface area contributed by atoms with Crippen molar-refractivity contribution in [1.82, 2.24) is 0 Å². The molecular weight excluding hydrogens is 319 g/mol. The second-order valence-electron chi connectivity index (χ2n) is 4.25. The number of benzene rings is 2. The zero-order valence-corrected chi connectivity index (χ0v) is 12.9. The number of rotatable bonds is 3. The van der Waals surface area contributed by atoms with Crippen molar-refractivity contribution in [2.75, 3.05) is 10.5 Å². The number of nitrogen functional groups attached to an aromatic ring is 1. The summed E-state index contributed by atoms with van der Waals surface area (Å²) >= 11 is 11.6. The zero-order valence-electron chi connectivity index (χ0n) is 10.5. The van der Waals surface area contributed by atoms with Gasteiger partial charge >= 0.3 is 0 Å². The summed E-state index contributed by atoms with van der Waals surface area (Å²) in [5, 5.41) is 0.917. The van der Waals surface area contributed by atoms with Gasteiger partial charge in [-0.3, -0.25) is 4.72 Å². The SMILES string of the molecule is Cc1cc(Cl)ccc1NS(=O)(=O)c1ccc(Cl)cc1N. The summed E-state index contributed by atoms with van der Waals surface area (Å²) in [6, 6.07) is 9.11. The van der Waals surface area contributed by atoms with Crippen LogP contribution in [0.2, 0.25) is 10.0 Å². The topological polar surface area (TPSA) is 72.2 Å². The lowest BCUT2D eigenvalue weighted by Gasteiger charge is -2.12. The Balaban J connectivity index is 2.41. The molecule has 0 atom stereocenters. The first-order valence-electron chi connectivity index (χ1n) is 5.63. The molecule has 0 amide bonds. The van der Waals surface area contributed by atoms with Crippen LogP contribution in [0.4, 0.5) is 11.4 Å². The first-order chi connectivity index (χ1) is 9.29. The highest BCUT2D eigenvalue weighted by Gasteiger charge is 2.18. The summed E-state index contributed by atoms with van der Waals surface area (Å²) in [4.78, 5) is -0.0174. The average Bonchev–Trinajstić information content (AvgIpc) is 2.32. The molecule has 0 fully saturated rings. The summed E-state index contributed by atoms with van der Waals surface area (Å²) in [6.45, 7) is 1.76. The van der Waals surface area contributed by atoms with E-state index in [-0.39, 0.29) is 10.6 Å². The molecule has 0 heterocycles. The molecule has 7 heteroatoms. The van der Waals surface area contributed by atoms with Crippen molar-refractivity contribution in [2.45, 2.75) is 11.8 Å². The number of halogens is 2. The molecule has 2 aromatic rings. The van der Waals surface area contributed by atoms with E-state index in [1.54, 1.807) is 25.1 Å². The van der Waals surface area contributed by atoms with Gasteiger partial charge in [0.15, 0.2) is 0 Å². The Morgan fingerprint density at radius 3 is 2.25 bits per heavy atom. The number of anilines is 2. The largest absolute Gasteiger partial charge is 0.398 e. The number of hydrogen-bond donors (Lipinski definition) is 2. The van der Waals surface area contributed by atoms with E-state index in [0.29, 0.717) is 21.3 Å². The predicted octanol–water partition coefficient (Wildman–Crippen LogP) is 3.68. The standard InChI is InChI=1S/C13H12Cl2N2O2S/c1-8-6-9(14)2-4-12(8)17-20(18,19)13-5-3-10(15)7-11(13)16/h2-7,17H,16H2,1H3. The normalized spacial score (nSPS) is 11.3. The summed E-state index contributed by atoms with van der Waals surface area (Å²) in [5.74, 6) is 0. The van der Waals surface area contributed by atoms with E-state index < -0.39 is 10.0 Å². The Bertz CT molecular complexity index is 761. The lowest BCUT2D eigenvalue weighted by molar-refractivity contribution is 0.601. The van der Waals surface area contributed by atoms with Crippen molar-refractivity contribution in [3.63, 3.8) is 0 Å². The van der Waals surface area contributed by atoms with Gasteiger partial charge in [0.25, 0.3) is 10.0 Å². The van der Waals surface area contributed by atoms with Crippen molar-refractivity contribution in [2.24, 2.45) is 0 Å². The molecule has 20 heavy (non-hydrogen) atoms. The van der Waals surface area contributed by atoms with Gasteiger partial charge in [-0.1, -0.05) is 23.2 Å². The summed E-state index contributed by atoms with van der Waals surface area (Å²) < 4.78 is 27.1. The molecular formula is C13H12Cl2N2O2S. The van der Waals surface area contributed by atoms with Crippen molar-refractivity contribution < 1.29 is 8.42 Å². The molecule has 4 nitrogen and oxygen atoms in total. The lowest BCUT2D eigenvalue weighted by atomic mass is 10.2. The van der Waals surface area contributed by atoms with Gasteiger partial charge in [-0.2, -0.15) is 0 Å². The fourth-order valence-electron chi connectivity index (χ4n) is 1.71. The minimum Gasteiger partial charge on any atom is -0.398 e. The third kappa shape index (κ3) is 3.17. The smallest absolute Gasteiger partial charge is 0.263 e. The molecule has 106 valence electrons. The molecule has 0 saturated carbocycles. The number of hydrogen-bond acceptors (Lipinski definition) is 3.